The predicted molar refractivity (Wildman–Crippen MR) is 152 cm³/mol. The van der Waals surface area contributed by atoms with Crippen molar-refractivity contribution in [1.29, 1.82) is 0 Å². The van der Waals surface area contributed by atoms with Crippen molar-refractivity contribution in [1.82, 2.24) is 20.2 Å². The lowest BCUT2D eigenvalue weighted by atomic mass is 9.91. The lowest BCUT2D eigenvalue weighted by Gasteiger charge is -2.39. The van der Waals surface area contributed by atoms with Crippen LogP contribution in [0.3, 0.4) is 0 Å². The van der Waals surface area contributed by atoms with E-state index in [4.69, 9.17) is 4.74 Å². The van der Waals surface area contributed by atoms with Gasteiger partial charge in [0.2, 0.25) is 0 Å². The molecular formula is C30H33F4N5O2. The van der Waals surface area contributed by atoms with Crippen LogP contribution in [0.1, 0.15) is 25.8 Å². The van der Waals surface area contributed by atoms with Gasteiger partial charge in [0.1, 0.15) is 17.1 Å². The van der Waals surface area contributed by atoms with Crippen LogP contribution in [-0.4, -0.2) is 72.4 Å². The Morgan fingerprint density at radius 3 is 2.56 bits per heavy atom. The summed E-state index contributed by atoms with van der Waals surface area (Å²) in [5, 5.41) is 14.9. The van der Waals surface area contributed by atoms with Gasteiger partial charge in [-0.25, -0.2) is 4.39 Å². The molecule has 0 aliphatic carbocycles. The first-order valence-electron chi connectivity index (χ1n) is 13.6. The monoisotopic (exact) mass is 571 g/mol. The molecule has 1 fully saturated rings. The highest BCUT2D eigenvalue weighted by Crippen LogP contribution is 2.47. The molecule has 1 aliphatic heterocycles. The number of halogens is 4. The van der Waals surface area contributed by atoms with Gasteiger partial charge in [-0.2, -0.15) is 23.1 Å². The number of fused-ring (bicyclic) bond motifs is 2. The summed E-state index contributed by atoms with van der Waals surface area (Å²) in [6.45, 7) is 5.89. The van der Waals surface area contributed by atoms with Gasteiger partial charge in [0.05, 0.1) is 12.2 Å². The Bertz CT molecular complexity index is 1580. The molecule has 0 spiro atoms. The molecule has 0 bridgehead atoms. The van der Waals surface area contributed by atoms with Gasteiger partial charge in [0.15, 0.2) is 5.82 Å². The molecule has 0 radical (unpaired) electrons. The number of anilines is 1. The summed E-state index contributed by atoms with van der Waals surface area (Å²) in [5.74, 6) is -1.48. The van der Waals surface area contributed by atoms with Crippen LogP contribution >= 0.6 is 0 Å². The molecule has 1 saturated heterocycles. The predicted octanol–water partition coefficient (Wildman–Crippen LogP) is 5.83. The summed E-state index contributed by atoms with van der Waals surface area (Å²) < 4.78 is 66.6. The number of hydrogen-bond acceptors (Lipinski definition) is 7. The summed E-state index contributed by atoms with van der Waals surface area (Å²) in [4.78, 5) is 12.7. The largest absolute Gasteiger partial charge is 0.507 e. The number of phenolic OH excluding ortho intramolecular Hbond substituents is 1. The first-order valence-corrected chi connectivity index (χ1v) is 13.6. The van der Waals surface area contributed by atoms with Gasteiger partial charge in [-0.05, 0) is 57.3 Å². The fourth-order valence-corrected chi connectivity index (χ4v) is 5.33. The van der Waals surface area contributed by atoms with Crippen LogP contribution < -0.4 is 15.0 Å². The van der Waals surface area contributed by atoms with E-state index in [0.29, 0.717) is 24.9 Å². The molecule has 41 heavy (non-hydrogen) atoms. The number of hydrogen-bond donors (Lipinski definition) is 2. The van der Waals surface area contributed by atoms with Gasteiger partial charge in [-0.15, -0.1) is 0 Å². The van der Waals surface area contributed by atoms with Gasteiger partial charge in [0.25, 0.3) is 0 Å². The topological polar surface area (TPSA) is 73.8 Å². The zero-order valence-electron chi connectivity index (χ0n) is 23.4. The molecule has 0 unspecified atom stereocenters. The number of nitrogens with zero attached hydrogens (tertiary/aromatic N) is 4. The molecule has 1 aromatic heterocycles. The fourth-order valence-electron chi connectivity index (χ4n) is 5.33. The van der Waals surface area contributed by atoms with Crippen LogP contribution in [0.15, 0.2) is 42.5 Å². The number of aromatic nitrogens is 2. The van der Waals surface area contributed by atoms with Crippen molar-refractivity contribution < 1.29 is 27.4 Å². The number of rotatable bonds is 7. The van der Waals surface area contributed by atoms with E-state index in [-0.39, 0.29) is 52.4 Å². The standard InChI is InChI=1S/C30H33F4N5O2/c1-17-16-39(18(2)15-35-17)28-21-14-22(30(32,33)34)25(24-20-9-6-5-8-19(20)10-11-23(24)40)26(31)27(21)36-29(37-28)41-13-7-12-38(3)4/h5-6,8-11,14,17-18,35,40H,7,12-13,15-16H2,1-4H3/t17-,18+/m1/s1. The van der Waals surface area contributed by atoms with E-state index >= 15 is 4.39 Å². The third-order valence-corrected chi connectivity index (χ3v) is 7.37. The lowest BCUT2D eigenvalue weighted by molar-refractivity contribution is -0.137. The number of ether oxygens (including phenoxy) is 1. The molecule has 2 N–H and O–H groups in total. The van der Waals surface area contributed by atoms with E-state index in [0.717, 1.165) is 12.6 Å². The minimum atomic E-state index is -4.94. The van der Waals surface area contributed by atoms with Crippen molar-refractivity contribution >= 4 is 27.5 Å². The quantitative estimate of drug-likeness (QED) is 0.214. The van der Waals surface area contributed by atoms with Crippen LogP contribution in [0.25, 0.3) is 32.8 Å². The summed E-state index contributed by atoms with van der Waals surface area (Å²) in [6.07, 6.45) is -4.29. The van der Waals surface area contributed by atoms with Crippen molar-refractivity contribution in [3.8, 4) is 22.9 Å². The lowest BCUT2D eigenvalue weighted by Crippen LogP contribution is -2.54. The molecule has 5 rings (SSSR count). The first kappa shape index (κ1) is 28.8. The van der Waals surface area contributed by atoms with Crippen molar-refractivity contribution in [3.63, 3.8) is 0 Å². The van der Waals surface area contributed by atoms with E-state index in [1.54, 1.807) is 30.3 Å². The zero-order chi connectivity index (χ0) is 29.5. The molecule has 1 aliphatic rings. The number of phenols is 1. The molecule has 2 atom stereocenters. The molecule has 0 saturated carbocycles. The van der Waals surface area contributed by atoms with Crippen molar-refractivity contribution in [2.24, 2.45) is 0 Å². The number of nitrogens with one attached hydrogen (secondary N) is 1. The normalized spacial score (nSPS) is 18.0. The SMILES string of the molecule is C[C@@H]1CN(c2nc(OCCCN(C)C)nc3c(F)c(-c4c(O)ccc5ccccc45)c(C(F)(F)F)cc23)[C@@H](C)CN1. The molecule has 0 amide bonds. The number of benzene rings is 3. The second-order valence-corrected chi connectivity index (χ2v) is 10.8. The van der Waals surface area contributed by atoms with Gasteiger partial charge < -0.3 is 25.0 Å². The summed E-state index contributed by atoms with van der Waals surface area (Å²) >= 11 is 0. The Kier molecular flexibility index (Phi) is 7.93. The van der Waals surface area contributed by atoms with E-state index < -0.39 is 28.9 Å². The van der Waals surface area contributed by atoms with Crippen molar-refractivity contribution in [2.75, 3.05) is 45.2 Å². The maximum absolute atomic E-state index is 16.7. The summed E-state index contributed by atoms with van der Waals surface area (Å²) in [7, 11) is 3.85. The zero-order valence-corrected chi connectivity index (χ0v) is 23.4. The molecule has 4 aromatic rings. The highest BCUT2D eigenvalue weighted by Gasteiger charge is 2.39. The Morgan fingerprint density at radius 2 is 1.83 bits per heavy atom. The van der Waals surface area contributed by atoms with Crippen LogP contribution in [0.2, 0.25) is 0 Å². The third-order valence-electron chi connectivity index (χ3n) is 7.37. The number of piperazine rings is 1. The molecular weight excluding hydrogens is 538 g/mol. The summed E-state index contributed by atoms with van der Waals surface area (Å²) in [6, 6.07) is 10.1. The second kappa shape index (κ2) is 11.3. The van der Waals surface area contributed by atoms with E-state index in [9.17, 15) is 18.3 Å². The fraction of sp³-hybridized carbons (Fsp3) is 0.400. The second-order valence-electron chi connectivity index (χ2n) is 10.8. The number of aromatic hydroxyl groups is 1. The smallest absolute Gasteiger partial charge is 0.417 e. The van der Waals surface area contributed by atoms with Gasteiger partial charge in [-0.1, -0.05) is 30.3 Å². The molecule has 2 heterocycles. The van der Waals surface area contributed by atoms with Gasteiger partial charge in [-0.3, -0.25) is 0 Å². The Labute approximate surface area is 235 Å². The van der Waals surface area contributed by atoms with Crippen LogP contribution in [0.5, 0.6) is 11.8 Å². The molecule has 7 nitrogen and oxygen atoms in total. The Hall–Kier alpha value is -3.70. The minimum Gasteiger partial charge on any atom is -0.507 e. The van der Waals surface area contributed by atoms with E-state index in [1.807, 2.05) is 37.7 Å². The maximum Gasteiger partial charge on any atom is 0.417 e. The van der Waals surface area contributed by atoms with Crippen LogP contribution in [0, 0.1) is 5.82 Å². The highest BCUT2D eigenvalue weighted by molar-refractivity contribution is 6.04. The Morgan fingerprint density at radius 1 is 1.07 bits per heavy atom. The van der Waals surface area contributed by atoms with Crippen LogP contribution in [-0.2, 0) is 6.18 Å². The van der Waals surface area contributed by atoms with Gasteiger partial charge >= 0.3 is 12.2 Å². The van der Waals surface area contributed by atoms with Crippen LogP contribution in [0.4, 0.5) is 23.4 Å². The van der Waals surface area contributed by atoms with Crippen molar-refractivity contribution in [2.45, 2.75) is 38.5 Å². The average molecular weight is 572 g/mol. The number of alkyl halides is 3. The van der Waals surface area contributed by atoms with E-state index in [2.05, 4.69) is 15.3 Å². The molecule has 11 heteroatoms. The molecule has 218 valence electrons. The van der Waals surface area contributed by atoms with Crippen molar-refractivity contribution in [3.05, 3.63) is 53.8 Å². The first-order chi connectivity index (χ1) is 19.5. The minimum absolute atomic E-state index is 0.0273. The maximum atomic E-state index is 16.7. The Balaban J connectivity index is 1.80. The highest BCUT2D eigenvalue weighted by atomic mass is 19.4. The van der Waals surface area contributed by atoms with Gasteiger partial charge in [0, 0.05) is 48.2 Å². The average Bonchev–Trinajstić information content (AvgIpc) is 2.92. The van der Waals surface area contributed by atoms with E-state index in [1.165, 1.54) is 6.07 Å². The summed E-state index contributed by atoms with van der Waals surface area (Å²) in [5.41, 5.74) is -2.52. The molecule has 3 aromatic carbocycles. The third kappa shape index (κ3) is 5.73.